The van der Waals surface area contributed by atoms with Crippen LogP contribution in [0.4, 0.5) is 6.01 Å². The number of hydrogen-bond donors (Lipinski definition) is 0. The van der Waals surface area contributed by atoms with Crippen molar-refractivity contribution in [2.75, 3.05) is 24.7 Å². The lowest BCUT2D eigenvalue weighted by Crippen LogP contribution is -2.30. The molecular weight excluding hydrogens is 480 g/mol. The van der Waals surface area contributed by atoms with Crippen LogP contribution < -0.4 is 9.64 Å². The smallest absolute Gasteiger partial charge is 0.298 e. The molecule has 0 bridgehead atoms. The van der Waals surface area contributed by atoms with Crippen molar-refractivity contribution in [2.24, 2.45) is 0 Å². The first kappa shape index (κ1) is 25.9. The summed E-state index contributed by atoms with van der Waals surface area (Å²) >= 11 is 0. The lowest BCUT2D eigenvalue weighted by atomic mass is 10.0. The Kier molecular flexibility index (Phi) is 8.05. The molecule has 1 aliphatic rings. The van der Waals surface area contributed by atoms with Crippen molar-refractivity contribution >= 4 is 22.9 Å². The van der Waals surface area contributed by atoms with E-state index >= 15 is 0 Å². The first-order valence-corrected chi connectivity index (χ1v) is 13.3. The SMILES string of the molecule is CCC(Oc1cccc(CN(CCCC2(c3ccccc3)OCCO2)c2nc3ccccc3o2)c1)C(C)=O. The van der Waals surface area contributed by atoms with Crippen LogP contribution in [-0.2, 0) is 26.6 Å². The molecule has 1 aliphatic heterocycles. The lowest BCUT2D eigenvalue weighted by molar-refractivity contribution is -0.171. The second kappa shape index (κ2) is 11.8. The minimum atomic E-state index is -0.732. The van der Waals surface area contributed by atoms with Gasteiger partial charge in [0.15, 0.2) is 23.3 Å². The van der Waals surface area contributed by atoms with Crippen LogP contribution in [0.15, 0.2) is 83.3 Å². The molecule has 1 unspecified atom stereocenters. The summed E-state index contributed by atoms with van der Waals surface area (Å²) in [5.74, 6) is -0.0309. The number of para-hydroxylation sites is 2. The van der Waals surface area contributed by atoms with E-state index < -0.39 is 11.9 Å². The number of nitrogens with zero attached hydrogens (tertiary/aromatic N) is 2. The fourth-order valence-electron chi connectivity index (χ4n) is 4.90. The molecule has 1 fully saturated rings. The summed E-state index contributed by atoms with van der Waals surface area (Å²) in [4.78, 5) is 18.8. The van der Waals surface area contributed by atoms with Crippen LogP contribution >= 0.6 is 0 Å². The third kappa shape index (κ3) is 5.90. The molecule has 7 nitrogen and oxygen atoms in total. The van der Waals surface area contributed by atoms with E-state index in [0.717, 1.165) is 28.6 Å². The fraction of sp³-hybridized carbons (Fsp3) is 0.355. The first-order chi connectivity index (χ1) is 18.6. The Balaban J connectivity index is 1.36. The highest BCUT2D eigenvalue weighted by atomic mass is 16.7. The van der Waals surface area contributed by atoms with Crippen LogP contribution in [0.5, 0.6) is 5.75 Å². The van der Waals surface area contributed by atoms with Crippen molar-refractivity contribution < 1.29 is 23.4 Å². The highest BCUT2D eigenvalue weighted by Gasteiger charge is 2.38. The Labute approximate surface area is 223 Å². The minimum absolute atomic E-state index is 0.0229. The van der Waals surface area contributed by atoms with E-state index in [4.69, 9.17) is 23.6 Å². The molecule has 0 N–H and O–H groups in total. The summed E-state index contributed by atoms with van der Waals surface area (Å²) in [5.41, 5.74) is 3.64. The van der Waals surface area contributed by atoms with E-state index in [0.29, 0.717) is 50.9 Å². The van der Waals surface area contributed by atoms with Gasteiger partial charge in [0.1, 0.15) is 11.3 Å². The number of fused-ring (bicyclic) bond motifs is 1. The molecule has 0 spiro atoms. The second-order valence-corrected chi connectivity index (χ2v) is 9.58. The van der Waals surface area contributed by atoms with Crippen LogP contribution in [0.2, 0.25) is 0 Å². The first-order valence-electron chi connectivity index (χ1n) is 13.3. The molecule has 2 heterocycles. The number of carbonyl (C=O) groups excluding carboxylic acids is 1. The van der Waals surface area contributed by atoms with Crippen molar-refractivity contribution in [1.29, 1.82) is 0 Å². The number of anilines is 1. The van der Waals surface area contributed by atoms with E-state index in [1.165, 1.54) is 0 Å². The molecule has 5 rings (SSSR count). The van der Waals surface area contributed by atoms with E-state index in [2.05, 4.69) is 17.0 Å². The van der Waals surface area contributed by atoms with Crippen LogP contribution in [0.1, 0.15) is 44.2 Å². The number of ketones is 1. The molecular formula is C31H34N2O5. The standard InChI is InChI=1S/C31H34N2O5/c1-3-28(23(2)34)37-26-14-9-11-24(21-26)22-33(30-32-27-15-7-8-16-29(27)38-30)18-10-17-31(35-19-20-36-31)25-12-5-4-6-13-25/h4-9,11-16,21,28H,3,10,17-20,22H2,1-2H3. The molecule has 4 aromatic rings. The quantitative estimate of drug-likeness (QED) is 0.221. The molecule has 0 radical (unpaired) electrons. The van der Waals surface area contributed by atoms with Crippen molar-refractivity contribution in [3.63, 3.8) is 0 Å². The monoisotopic (exact) mass is 514 g/mol. The Morgan fingerprint density at radius 2 is 1.79 bits per heavy atom. The molecule has 0 saturated carbocycles. The van der Waals surface area contributed by atoms with Crippen LogP contribution in [0.3, 0.4) is 0 Å². The van der Waals surface area contributed by atoms with Gasteiger partial charge >= 0.3 is 0 Å². The van der Waals surface area contributed by atoms with E-state index in [-0.39, 0.29) is 5.78 Å². The van der Waals surface area contributed by atoms with Gasteiger partial charge in [-0.25, -0.2) is 0 Å². The molecule has 1 aromatic heterocycles. The number of carbonyl (C=O) groups is 1. The molecule has 38 heavy (non-hydrogen) atoms. The second-order valence-electron chi connectivity index (χ2n) is 9.58. The minimum Gasteiger partial charge on any atom is -0.483 e. The zero-order chi connectivity index (χ0) is 26.4. The number of ether oxygens (including phenoxy) is 3. The summed E-state index contributed by atoms with van der Waals surface area (Å²) in [5, 5.41) is 0. The zero-order valence-electron chi connectivity index (χ0n) is 22.0. The predicted molar refractivity (Wildman–Crippen MR) is 146 cm³/mol. The van der Waals surface area contributed by atoms with E-state index in [1.54, 1.807) is 6.92 Å². The third-order valence-corrected chi connectivity index (χ3v) is 6.83. The number of aromatic nitrogens is 1. The predicted octanol–water partition coefficient (Wildman–Crippen LogP) is 6.26. The normalized spacial score (nSPS) is 15.4. The number of hydrogen-bond acceptors (Lipinski definition) is 7. The maximum atomic E-state index is 11.9. The van der Waals surface area contributed by atoms with E-state index in [9.17, 15) is 4.79 Å². The van der Waals surface area contributed by atoms with Gasteiger partial charge in [0, 0.05) is 25.1 Å². The van der Waals surface area contributed by atoms with Crippen LogP contribution in [0.25, 0.3) is 11.1 Å². The zero-order valence-corrected chi connectivity index (χ0v) is 22.0. The van der Waals surface area contributed by atoms with Gasteiger partial charge in [0.25, 0.3) is 6.01 Å². The Hall–Kier alpha value is -3.68. The molecule has 1 saturated heterocycles. The summed E-state index contributed by atoms with van der Waals surface area (Å²) < 4.78 is 24.4. The van der Waals surface area contributed by atoms with Gasteiger partial charge in [-0.05, 0) is 49.6 Å². The van der Waals surface area contributed by atoms with Crippen molar-refractivity contribution in [2.45, 2.75) is 51.5 Å². The fourth-order valence-corrected chi connectivity index (χ4v) is 4.90. The Bertz CT molecular complexity index is 1310. The Morgan fingerprint density at radius 1 is 1.03 bits per heavy atom. The molecule has 3 aromatic carbocycles. The van der Waals surface area contributed by atoms with Gasteiger partial charge in [-0.15, -0.1) is 0 Å². The van der Waals surface area contributed by atoms with Crippen molar-refractivity contribution in [1.82, 2.24) is 4.98 Å². The molecule has 1 atom stereocenters. The van der Waals surface area contributed by atoms with Gasteiger partial charge < -0.3 is 23.5 Å². The van der Waals surface area contributed by atoms with Gasteiger partial charge in [-0.2, -0.15) is 4.98 Å². The summed E-state index contributed by atoms with van der Waals surface area (Å²) in [6, 6.07) is 26.3. The van der Waals surface area contributed by atoms with E-state index in [1.807, 2.05) is 73.7 Å². The number of Topliss-reactive ketones (excluding diaryl/α,β-unsaturated/α-hetero) is 1. The number of oxazole rings is 1. The van der Waals surface area contributed by atoms with Crippen molar-refractivity contribution in [3.05, 3.63) is 90.0 Å². The Morgan fingerprint density at radius 3 is 2.53 bits per heavy atom. The average molecular weight is 515 g/mol. The van der Waals surface area contributed by atoms with Gasteiger partial charge in [-0.1, -0.05) is 61.5 Å². The largest absolute Gasteiger partial charge is 0.483 e. The average Bonchev–Trinajstić information content (AvgIpc) is 3.60. The van der Waals surface area contributed by atoms with Gasteiger partial charge in [0.2, 0.25) is 0 Å². The molecule has 0 amide bonds. The van der Waals surface area contributed by atoms with Crippen LogP contribution in [-0.4, -0.2) is 36.6 Å². The lowest BCUT2D eigenvalue weighted by Gasteiger charge is -2.29. The summed E-state index contributed by atoms with van der Waals surface area (Å²) in [7, 11) is 0. The van der Waals surface area contributed by atoms with Crippen LogP contribution in [0, 0.1) is 0 Å². The topological polar surface area (TPSA) is 74.0 Å². The van der Waals surface area contributed by atoms with Gasteiger partial charge in [0.05, 0.1) is 13.2 Å². The van der Waals surface area contributed by atoms with Gasteiger partial charge in [-0.3, -0.25) is 4.79 Å². The highest BCUT2D eigenvalue weighted by Crippen LogP contribution is 2.36. The maximum Gasteiger partial charge on any atom is 0.298 e. The summed E-state index contributed by atoms with van der Waals surface area (Å²) in [6.45, 7) is 5.92. The third-order valence-electron chi connectivity index (χ3n) is 6.83. The highest BCUT2D eigenvalue weighted by molar-refractivity contribution is 5.80. The molecule has 7 heteroatoms. The molecule has 198 valence electrons. The molecule has 0 aliphatic carbocycles. The number of rotatable bonds is 12. The van der Waals surface area contributed by atoms with Crippen molar-refractivity contribution in [3.8, 4) is 5.75 Å². The number of benzene rings is 3. The summed E-state index contributed by atoms with van der Waals surface area (Å²) in [6.07, 6.45) is 1.68. The maximum absolute atomic E-state index is 11.9.